The fourth-order valence-electron chi connectivity index (χ4n) is 4.09. The molecule has 0 saturated heterocycles. The molecule has 0 spiro atoms. The van der Waals surface area contributed by atoms with Crippen molar-refractivity contribution < 1.29 is 0 Å². The highest BCUT2D eigenvalue weighted by Gasteiger charge is 2.22. The van der Waals surface area contributed by atoms with Crippen molar-refractivity contribution in [2.45, 2.75) is 39.8 Å². The first-order chi connectivity index (χ1) is 14.6. The van der Waals surface area contributed by atoms with Crippen LogP contribution in [-0.4, -0.2) is 24.1 Å². The normalized spacial score (nSPS) is 12.8. The molecule has 0 amide bonds. The van der Waals surface area contributed by atoms with Gasteiger partial charge in [-0.05, 0) is 38.0 Å². The van der Waals surface area contributed by atoms with Crippen molar-refractivity contribution in [2.75, 3.05) is 0 Å². The van der Waals surface area contributed by atoms with Gasteiger partial charge in [0.2, 0.25) is 0 Å². The molecular formula is C24H23N5O. The second-order valence-corrected chi connectivity index (χ2v) is 7.75. The summed E-state index contributed by atoms with van der Waals surface area (Å²) in [4.78, 5) is 28.2. The average molecular weight is 397 g/mol. The number of aromatic nitrogens is 5. The van der Waals surface area contributed by atoms with E-state index in [0.29, 0.717) is 34.6 Å². The molecule has 0 saturated carbocycles. The van der Waals surface area contributed by atoms with E-state index >= 15 is 0 Å². The zero-order chi connectivity index (χ0) is 20.8. The Morgan fingerprint density at radius 1 is 0.900 bits per heavy atom. The molecule has 0 unspecified atom stereocenters. The van der Waals surface area contributed by atoms with Gasteiger partial charge in [0.05, 0.1) is 17.6 Å². The second-order valence-electron chi connectivity index (χ2n) is 7.75. The largest absolute Gasteiger partial charge is 0.304 e. The number of rotatable bonds is 4. The molecular weight excluding hydrogens is 374 g/mol. The van der Waals surface area contributed by atoms with Gasteiger partial charge in [0.1, 0.15) is 16.7 Å². The molecule has 0 aliphatic rings. The van der Waals surface area contributed by atoms with E-state index in [1.807, 2.05) is 60.9 Å². The Kier molecular flexibility index (Phi) is 4.35. The van der Waals surface area contributed by atoms with Crippen molar-refractivity contribution >= 4 is 33.2 Å². The van der Waals surface area contributed by atoms with Gasteiger partial charge in [0.25, 0.3) is 5.56 Å². The van der Waals surface area contributed by atoms with Crippen molar-refractivity contribution in [1.82, 2.24) is 24.1 Å². The van der Waals surface area contributed by atoms with Gasteiger partial charge < -0.3 is 4.57 Å². The number of nitrogens with zero attached hydrogens (tertiary/aromatic N) is 5. The molecule has 0 fully saturated rings. The topological polar surface area (TPSA) is 65.6 Å². The SMILES string of the molecule is CC[C@@H](C)n1c(C)nc2c(c1=O)c1nc3ccccc3nc1n2Cc1ccccc1. The van der Waals surface area contributed by atoms with Crippen molar-refractivity contribution in [3.63, 3.8) is 0 Å². The molecule has 0 radical (unpaired) electrons. The van der Waals surface area contributed by atoms with Gasteiger partial charge in [-0.3, -0.25) is 9.36 Å². The van der Waals surface area contributed by atoms with Crippen molar-refractivity contribution in [2.24, 2.45) is 0 Å². The lowest BCUT2D eigenvalue weighted by Gasteiger charge is -2.16. The predicted octanol–water partition coefficient (Wildman–Crippen LogP) is 4.62. The van der Waals surface area contributed by atoms with Gasteiger partial charge in [-0.25, -0.2) is 15.0 Å². The van der Waals surface area contributed by atoms with E-state index in [9.17, 15) is 4.79 Å². The lowest BCUT2D eigenvalue weighted by Crippen LogP contribution is -2.26. The third-order valence-electron chi connectivity index (χ3n) is 5.79. The van der Waals surface area contributed by atoms with Crippen LogP contribution >= 0.6 is 0 Å². The van der Waals surface area contributed by atoms with E-state index in [-0.39, 0.29) is 11.6 Å². The zero-order valence-corrected chi connectivity index (χ0v) is 17.3. The Balaban J connectivity index is 1.92. The molecule has 2 aromatic carbocycles. The minimum absolute atomic E-state index is 0.0479. The average Bonchev–Trinajstić information content (AvgIpc) is 3.05. The number of benzene rings is 2. The Morgan fingerprint density at radius 2 is 1.57 bits per heavy atom. The second kappa shape index (κ2) is 7.06. The summed E-state index contributed by atoms with van der Waals surface area (Å²) in [6.45, 7) is 6.60. The van der Waals surface area contributed by atoms with Crippen LogP contribution in [0.25, 0.3) is 33.2 Å². The lowest BCUT2D eigenvalue weighted by atomic mass is 10.2. The molecule has 5 aromatic rings. The van der Waals surface area contributed by atoms with E-state index in [4.69, 9.17) is 15.0 Å². The standard InChI is InChI=1S/C24H23N5O/c1-4-15(2)29-16(3)25-22-20(24(29)30)21-23(27-19-13-9-8-12-18(19)26-21)28(22)14-17-10-6-5-7-11-17/h5-13,15H,4,14H2,1-3H3/t15-/m1/s1. The van der Waals surface area contributed by atoms with Crippen LogP contribution in [0.5, 0.6) is 0 Å². The van der Waals surface area contributed by atoms with Gasteiger partial charge >= 0.3 is 0 Å². The van der Waals surface area contributed by atoms with Crippen LogP contribution in [0.4, 0.5) is 0 Å². The van der Waals surface area contributed by atoms with Crippen molar-refractivity contribution in [1.29, 1.82) is 0 Å². The first-order valence-electron chi connectivity index (χ1n) is 10.3. The van der Waals surface area contributed by atoms with Gasteiger partial charge in [0.15, 0.2) is 11.3 Å². The number of para-hydroxylation sites is 2. The summed E-state index contributed by atoms with van der Waals surface area (Å²) < 4.78 is 3.81. The smallest absolute Gasteiger partial charge is 0.265 e. The van der Waals surface area contributed by atoms with Gasteiger partial charge in [-0.2, -0.15) is 0 Å². The first-order valence-corrected chi connectivity index (χ1v) is 10.3. The highest BCUT2D eigenvalue weighted by atomic mass is 16.1. The molecule has 5 rings (SSSR count). The van der Waals surface area contributed by atoms with Crippen LogP contribution in [0.2, 0.25) is 0 Å². The molecule has 0 aliphatic heterocycles. The minimum Gasteiger partial charge on any atom is -0.304 e. The maximum absolute atomic E-state index is 13.6. The van der Waals surface area contributed by atoms with Crippen molar-refractivity contribution in [3.05, 3.63) is 76.3 Å². The summed E-state index contributed by atoms with van der Waals surface area (Å²) in [5.74, 6) is 0.712. The number of hydrogen-bond donors (Lipinski definition) is 0. The molecule has 30 heavy (non-hydrogen) atoms. The fraction of sp³-hybridized carbons (Fsp3) is 0.250. The third-order valence-corrected chi connectivity index (χ3v) is 5.79. The number of aryl methyl sites for hydroxylation is 1. The maximum Gasteiger partial charge on any atom is 0.265 e. The van der Waals surface area contributed by atoms with Gasteiger partial charge in [-0.15, -0.1) is 0 Å². The molecule has 150 valence electrons. The summed E-state index contributed by atoms with van der Waals surface area (Å²) in [6, 6.07) is 18.0. The van der Waals surface area contributed by atoms with E-state index < -0.39 is 0 Å². The van der Waals surface area contributed by atoms with Crippen LogP contribution in [0.15, 0.2) is 59.4 Å². The van der Waals surface area contributed by atoms with Crippen molar-refractivity contribution in [3.8, 4) is 0 Å². The van der Waals surface area contributed by atoms with Crippen LogP contribution < -0.4 is 5.56 Å². The van der Waals surface area contributed by atoms with E-state index in [1.165, 1.54) is 0 Å². The van der Waals surface area contributed by atoms with E-state index in [0.717, 1.165) is 23.0 Å². The van der Waals surface area contributed by atoms with E-state index in [2.05, 4.69) is 19.1 Å². The summed E-state index contributed by atoms with van der Waals surface area (Å²) >= 11 is 0. The lowest BCUT2D eigenvalue weighted by molar-refractivity contribution is 0.496. The van der Waals surface area contributed by atoms with Crippen LogP contribution in [0, 0.1) is 6.92 Å². The molecule has 3 aromatic heterocycles. The molecule has 0 bridgehead atoms. The molecule has 1 atom stereocenters. The predicted molar refractivity (Wildman–Crippen MR) is 120 cm³/mol. The Morgan fingerprint density at radius 3 is 2.27 bits per heavy atom. The Labute approximate surface area is 173 Å². The number of hydrogen-bond acceptors (Lipinski definition) is 4. The first kappa shape index (κ1) is 18.5. The van der Waals surface area contributed by atoms with Crippen LogP contribution in [0.3, 0.4) is 0 Å². The fourth-order valence-corrected chi connectivity index (χ4v) is 4.09. The van der Waals surface area contributed by atoms with Gasteiger partial charge in [-0.1, -0.05) is 49.4 Å². The number of fused-ring (bicyclic) bond motifs is 4. The minimum atomic E-state index is -0.0479. The highest BCUT2D eigenvalue weighted by Crippen LogP contribution is 2.27. The summed E-state index contributed by atoms with van der Waals surface area (Å²) in [5, 5.41) is 0.546. The molecule has 6 heteroatoms. The van der Waals surface area contributed by atoms with E-state index in [1.54, 1.807) is 4.57 Å². The monoisotopic (exact) mass is 397 g/mol. The Bertz CT molecular complexity index is 1450. The summed E-state index contributed by atoms with van der Waals surface area (Å²) in [5.41, 5.74) is 4.61. The zero-order valence-electron chi connectivity index (χ0n) is 17.3. The molecule has 0 N–H and O–H groups in total. The summed E-state index contributed by atoms with van der Waals surface area (Å²) in [6.07, 6.45) is 0.852. The van der Waals surface area contributed by atoms with Crippen LogP contribution in [-0.2, 0) is 6.54 Å². The highest BCUT2D eigenvalue weighted by molar-refractivity contribution is 6.04. The Hall–Kier alpha value is -3.54. The molecule has 0 aliphatic carbocycles. The quantitative estimate of drug-likeness (QED) is 0.444. The summed E-state index contributed by atoms with van der Waals surface area (Å²) in [7, 11) is 0. The van der Waals surface area contributed by atoms with Gasteiger partial charge in [0, 0.05) is 6.04 Å². The van der Waals surface area contributed by atoms with Crippen LogP contribution in [0.1, 0.15) is 37.7 Å². The third kappa shape index (κ3) is 2.79. The molecule has 3 heterocycles. The maximum atomic E-state index is 13.6. The molecule has 6 nitrogen and oxygen atoms in total.